The number of hydrogen-bond donors (Lipinski definition) is 1. The average Bonchev–Trinajstić information content (AvgIpc) is 2.28. The SMILES string of the molecule is CC(C)Cc1[nH]cc[n+]1C.F[P-](F)(F)(F)(F)F. The van der Waals surface area contributed by atoms with Gasteiger partial charge in [-0.2, -0.15) is 0 Å². The van der Waals surface area contributed by atoms with Crippen LogP contribution in [0.2, 0.25) is 0 Å². The summed E-state index contributed by atoms with van der Waals surface area (Å²) >= 11 is 0. The number of hydrogen-bond acceptors (Lipinski definition) is 0. The molecule has 0 atom stereocenters. The molecule has 1 N–H and O–H groups in total. The molecule has 0 saturated carbocycles. The molecule has 0 fully saturated rings. The van der Waals surface area contributed by atoms with Crippen molar-refractivity contribution in [2.24, 2.45) is 13.0 Å². The number of nitrogens with zero attached hydrogens (tertiary/aromatic N) is 1. The molecule has 2 nitrogen and oxygen atoms in total. The van der Waals surface area contributed by atoms with E-state index in [4.69, 9.17) is 0 Å². The van der Waals surface area contributed by atoms with Crippen LogP contribution in [0.4, 0.5) is 25.2 Å². The van der Waals surface area contributed by atoms with E-state index in [1.807, 2.05) is 12.4 Å². The Morgan fingerprint density at radius 1 is 1.18 bits per heavy atom. The molecule has 0 unspecified atom stereocenters. The number of aromatic nitrogens is 2. The third-order valence-corrected chi connectivity index (χ3v) is 1.58. The molecule has 0 saturated heterocycles. The van der Waals surface area contributed by atoms with E-state index in [2.05, 4.69) is 30.4 Å². The van der Waals surface area contributed by atoms with E-state index in [0.29, 0.717) is 0 Å². The molecule has 1 aromatic rings. The fourth-order valence-electron chi connectivity index (χ4n) is 1.03. The summed E-state index contributed by atoms with van der Waals surface area (Å²) in [6.45, 7) is 4.45. The average molecular weight is 284 g/mol. The van der Waals surface area contributed by atoms with Crippen LogP contribution in [-0.4, -0.2) is 4.98 Å². The minimum absolute atomic E-state index is 0.727. The van der Waals surface area contributed by atoms with Crippen LogP contribution in [0.15, 0.2) is 12.4 Å². The van der Waals surface area contributed by atoms with Crippen molar-refractivity contribution in [3.63, 3.8) is 0 Å². The molecule has 0 spiro atoms. The standard InChI is InChI=1S/C8H14N2.F6P/c1-7(2)6-8-9-4-5-10(8)3;1-7(2,3,4,5)6/h4-5,7H,6H2,1-3H3;/q;-1/p+1. The van der Waals surface area contributed by atoms with Crippen LogP contribution in [0.1, 0.15) is 19.7 Å². The van der Waals surface area contributed by atoms with Gasteiger partial charge in [-0.25, -0.2) is 9.55 Å². The number of aromatic amines is 1. The maximum atomic E-state index is 9.87. The van der Waals surface area contributed by atoms with Crippen molar-refractivity contribution in [1.29, 1.82) is 0 Å². The molecule has 0 bridgehead atoms. The summed E-state index contributed by atoms with van der Waals surface area (Å²) in [5.74, 6) is 2.03. The summed E-state index contributed by atoms with van der Waals surface area (Å²) < 4.78 is 61.3. The van der Waals surface area contributed by atoms with Gasteiger partial charge in [0.25, 0.3) is 5.82 Å². The number of H-pyrrole nitrogens is 1. The molecule has 0 aromatic carbocycles. The molecular weight excluding hydrogens is 269 g/mol. The van der Waals surface area contributed by atoms with Gasteiger partial charge in [-0.3, -0.25) is 0 Å². The molecule has 1 rings (SSSR count). The Morgan fingerprint density at radius 2 is 1.59 bits per heavy atom. The first-order valence-electron chi connectivity index (χ1n) is 4.73. The monoisotopic (exact) mass is 284 g/mol. The minimum atomic E-state index is -10.7. The van der Waals surface area contributed by atoms with Crippen LogP contribution in [0.3, 0.4) is 0 Å². The molecule has 0 amide bonds. The first-order valence-corrected chi connectivity index (χ1v) is 6.76. The molecule has 0 aliphatic rings. The summed E-state index contributed by atoms with van der Waals surface area (Å²) in [7, 11) is -8.59. The van der Waals surface area contributed by atoms with Gasteiger partial charge in [-0.15, -0.1) is 0 Å². The quantitative estimate of drug-likeness (QED) is 0.471. The Hall–Kier alpha value is -0.780. The topological polar surface area (TPSA) is 19.7 Å². The van der Waals surface area contributed by atoms with Gasteiger partial charge in [0.05, 0.1) is 13.5 Å². The van der Waals surface area contributed by atoms with Crippen LogP contribution >= 0.6 is 7.81 Å². The van der Waals surface area contributed by atoms with Crippen molar-refractivity contribution < 1.29 is 29.7 Å². The van der Waals surface area contributed by atoms with E-state index < -0.39 is 7.81 Å². The molecule has 17 heavy (non-hydrogen) atoms. The molecule has 0 aliphatic carbocycles. The third kappa shape index (κ3) is 15.2. The van der Waals surface area contributed by atoms with Crippen LogP contribution in [0.5, 0.6) is 0 Å². The summed E-state index contributed by atoms with van der Waals surface area (Å²) in [6.07, 6.45) is 5.14. The number of nitrogens with one attached hydrogen (secondary N) is 1. The van der Waals surface area contributed by atoms with Gasteiger partial charge in [0, 0.05) is 0 Å². The van der Waals surface area contributed by atoms with Crippen molar-refractivity contribution in [3.05, 3.63) is 18.2 Å². The van der Waals surface area contributed by atoms with E-state index >= 15 is 0 Å². The van der Waals surface area contributed by atoms with Gasteiger partial charge in [0.15, 0.2) is 0 Å². The zero-order valence-electron chi connectivity index (χ0n) is 9.60. The number of rotatable bonds is 2. The van der Waals surface area contributed by atoms with Crippen molar-refractivity contribution in [2.75, 3.05) is 0 Å². The Morgan fingerprint density at radius 3 is 1.82 bits per heavy atom. The van der Waals surface area contributed by atoms with Crippen LogP contribution < -0.4 is 4.57 Å². The van der Waals surface area contributed by atoms with Crippen molar-refractivity contribution >= 4 is 7.81 Å². The van der Waals surface area contributed by atoms with Crippen molar-refractivity contribution in [2.45, 2.75) is 20.3 Å². The van der Waals surface area contributed by atoms with E-state index in [0.717, 1.165) is 12.3 Å². The summed E-state index contributed by atoms with van der Waals surface area (Å²) in [5, 5.41) is 0. The zero-order valence-corrected chi connectivity index (χ0v) is 10.5. The first-order chi connectivity index (χ1) is 7.15. The molecule has 1 aromatic heterocycles. The fraction of sp³-hybridized carbons (Fsp3) is 0.625. The van der Waals surface area contributed by atoms with E-state index in [9.17, 15) is 25.2 Å². The summed E-state index contributed by atoms with van der Waals surface area (Å²) in [6, 6.07) is 0. The molecule has 0 radical (unpaired) electrons. The molecule has 0 aliphatic heterocycles. The predicted molar refractivity (Wildman–Crippen MR) is 54.1 cm³/mol. The predicted octanol–water partition coefficient (Wildman–Crippen LogP) is 4.42. The van der Waals surface area contributed by atoms with Gasteiger partial charge in [0.1, 0.15) is 12.4 Å². The maximum absolute atomic E-state index is 10.7. The molecular formula is C8H15F6N2P. The second kappa shape index (κ2) is 4.15. The van der Waals surface area contributed by atoms with Gasteiger partial charge in [-0.1, -0.05) is 13.8 Å². The number of imidazole rings is 1. The second-order valence-electron chi connectivity index (χ2n) is 4.07. The molecule has 104 valence electrons. The van der Waals surface area contributed by atoms with Crippen molar-refractivity contribution in [1.82, 2.24) is 4.98 Å². The fourth-order valence-corrected chi connectivity index (χ4v) is 1.03. The van der Waals surface area contributed by atoms with Crippen molar-refractivity contribution in [3.8, 4) is 0 Å². The van der Waals surface area contributed by atoms with Crippen LogP contribution in [0.25, 0.3) is 0 Å². The van der Waals surface area contributed by atoms with Crippen LogP contribution in [0, 0.1) is 5.92 Å². The van der Waals surface area contributed by atoms with Gasteiger partial charge in [0.2, 0.25) is 0 Å². The Kier molecular flexibility index (Phi) is 3.96. The molecule has 1 heterocycles. The third-order valence-electron chi connectivity index (χ3n) is 1.58. The second-order valence-corrected chi connectivity index (χ2v) is 5.99. The number of aryl methyl sites for hydroxylation is 1. The van der Waals surface area contributed by atoms with E-state index in [1.54, 1.807) is 0 Å². The first kappa shape index (κ1) is 16.2. The van der Waals surface area contributed by atoms with E-state index in [1.165, 1.54) is 5.82 Å². The Balaban J connectivity index is 0.000000325. The Bertz CT molecular complexity index is 354. The summed E-state index contributed by atoms with van der Waals surface area (Å²) in [4.78, 5) is 3.20. The Labute approximate surface area is 94.9 Å². The van der Waals surface area contributed by atoms with Gasteiger partial charge >= 0.3 is 33.0 Å². The zero-order chi connectivity index (χ0) is 14.0. The van der Waals surface area contributed by atoms with Gasteiger partial charge in [-0.05, 0) is 5.92 Å². The normalized spacial score (nSPS) is 15.9. The number of halogens is 6. The van der Waals surface area contributed by atoms with E-state index in [-0.39, 0.29) is 0 Å². The van der Waals surface area contributed by atoms with Gasteiger partial charge < -0.3 is 0 Å². The van der Waals surface area contributed by atoms with Crippen LogP contribution in [-0.2, 0) is 13.5 Å². The summed E-state index contributed by atoms with van der Waals surface area (Å²) in [5.41, 5.74) is 0. The molecule has 9 heteroatoms.